The molecule has 0 fully saturated rings. The first-order valence-corrected chi connectivity index (χ1v) is 8.36. The molecule has 5 heteroatoms. The van der Waals surface area contributed by atoms with Gasteiger partial charge in [0.1, 0.15) is 0 Å². The minimum atomic E-state index is -3.61. The third-order valence-corrected chi connectivity index (χ3v) is 4.93. The van der Waals surface area contributed by atoms with Crippen LogP contribution in [0.1, 0.15) is 23.6 Å². The highest BCUT2D eigenvalue weighted by Crippen LogP contribution is 2.23. The highest BCUT2D eigenvalue weighted by molar-refractivity contribution is 7.92. The topological polar surface area (TPSA) is 72.2 Å². The Labute approximate surface area is 126 Å². The third-order valence-electron chi connectivity index (χ3n) is 3.42. The number of hydrogen-bond acceptors (Lipinski definition) is 3. The largest absolute Gasteiger partial charge is 0.326 e. The minimum Gasteiger partial charge on any atom is -0.326 e. The molecule has 0 spiro atoms. The lowest BCUT2D eigenvalue weighted by Gasteiger charge is -2.14. The van der Waals surface area contributed by atoms with Crippen LogP contribution in [0.4, 0.5) is 5.69 Å². The lowest BCUT2D eigenvalue weighted by molar-refractivity contribution is 0.600. The van der Waals surface area contributed by atoms with Gasteiger partial charge in [0, 0.05) is 6.54 Å². The zero-order chi connectivity index (χ0) is 15.5. The Morgan fingerprint density at radius 3 is 2.52 bits per heavy atom. The van der Waals surface area contributed by atoms with Crippen molar-refractivity contribution in [1.82, 2.24) is 0 Å². The maximum atomic E-state index is 12.6. The van der Waals surface area contributed by atoms with E-state index in [9.17, 15) is 8.42 Å². The summed E-state index contributed by atoms with van der Waals surface area (Å²) in [6.45, 7) is 4.09. The molecule has 3 N–H and O–H groups in total. The number of anilines is 1. The van der Waals surface area contributed by atoms with Gasteiger partial charge in [0.2, 0.25) is 0 Å². The Bertz CT molecular complexity index is 740. The number of hydrogen-bond donors (Lipinski definition) is 2. The van der Waals surface area contributed by atoms with Crippen LogP contribution >= 0.6 is 0 Å². The summed E-state index contributed by atoms with van der Waals surface area (Å²) in [4.78, 5) is 0.274. The average molecular weight is 304 g/mol. The Hall–Kier alpha value is -1.85. The third kappa shape index (κ3) is 3.43. The standard InChI is InChI=1S/C16H20N2O2S/c1-3-14-6-4-5-7-15(14)18-21(19,20)16-10-13(11-17)9-8-12(16)2/h4-10,18H,3,11,17H2,1-2H3. The smallest absolute Gasteiger partial charge is 0.262 e. The van der Waals surface area contributed by atoms with E-state index < -0.39 is 10.0 Å². The van der Waals surface area contributed by atoms with E-state index in [2.05, 4.69) is 4.72 Å². The SMILES string of the molecule is CCc1ccccc1NS(=O)(=O)c1cc(CN)ccc1C. The maximum Gasteiger partial charge on any atom is 0.262 e. The van der Waals surface area contributed by atoms with Crippen molar-refractivity contribution in [3.8, 4) is 0 Å². The molecular formula is C16H20N2O2S. The molecule has 0 saturated heterocycles. The molecule has 2 rings (SSSR count). The van der Waals surface area contributed by atoms with Gasteiger partial charge in [0.15, 0.2) is 0 Å². The van der Waals surface area contributed by atoms with E-state index in [0.717, 1.165) is 17.5 Å². The molecule has 112 valence electrons. The lowest BCUT2D eigenvalue weighted by atomic mass is 10.1. The van der Waals surface area contributed by atoms with E-state index >= 15 is 0 Å². The first kappa shape index (κ1) is 15.5. The molecule has 0 aliphatic heterocycles. The van der Waals surface area contributed by atoms with E-state index in [1.54, 1.807) is 25.1 Å². The van der Waals surface area contributed by atoms with Crippen LogP contribution in [0.25, 0.3) is 0 Å². The molecule has 0 atom stereocenters. The fraction of sp³-hybridized carbons (Fsp3) is 0.250. The van der Waals surface area contributed by atoms with E-state index in [-0.39, 0.29) is 4.90 Å². The Kier molecular flexibility index (Phi) is 4.65. The molecule has 2 aromatic carbocycles. The van der Waals surface area contributed by atoms with Crippen LogP contribution < -0.4 is 10.5 Å². The van der Waals surface area contributed by atoms with Gasteiger partial charge in [-0.1, -0.05) is 37.3 Å². The number of benzene rings is 2. The first-order valence-electron chi connectivity index (χ1n) is 6.88. The summed E-state index contributed by atoms with van der Waals surface area (Å²) in [5.41, 5.74) is 8.68. The van der Waals surface area contributed by atoms with Crippen molar-refractivity contribution in [2.75, 3.05) is 4.72 Å². The van der Waals surface area contributed by atoms with Crippen molar-refractivity contribution >= 4 is 15.7 Å². The van der Waals surface area contributed by atoms with E-state index in [1.807, 2.05) is 31.2 Å². The number of sulfonamides is 1. The van der Waals surface area contributed by atoms with Crippen LogP contribution in [0.15, 0.2) is 47.4 Å². The molecule has 0 aromatic heterocycles. The van der Waals surface area contributed by atoms with Crippen LogP contribution in [0, 0.1) is 6.92 Å². The molecule has 0 radical (unpaired) electrons. The van der Waals surface area contributed by atoms with Crippen LogP contribution in [0.5, 0.6) is 0 Å². The van der Waals surface area contributed by atoms with Crippen molar-refractivity contribution in [2.24, 2.45) is 5.73 Å². The predicted molar refractivity (Wildman–Crippen MR) is 85.7 cm³/mol. The Morgan fingerprint density at radius 2 is 1.86 bits per heavy atom. The van der Waals surface area contributed by atoms with Gasteiger partial charge in [-0.3, -0.25) is 4.72 Å². The van der Waals surface area contributed by atoms with Gasteiger partial charge in [-0.05, 0) is 42.2 Å². The molecule has 0 saturated carbocycles. The van der Waals surface area contributed by atoms with E-state index in [4.69, 9.17) is 5.73 Å². The maximum absolute atomic E-state index is 12.6. The summed E-state index contributed by atoms with van der Waals surface area (Å²) in [6.07, 6.45) is 0.764. The summed E-state index contributed by atoms with van der Waals surface area (Å²) >= 11 is 0. The van der Waals surface area contributed by atoms with Crippen molar-refractivity contribution < 1.29 is 8.42 Å². The predicted octanol–water partition coefficient (Wildman–Crippen LogP) is 2.82. The summed E-state index contributed by atoms with van der Waals surface area (Å²) in [6, 6.07) is 12.7. The Balaban J connectivity index is 2.43. The van der Waals surface area contributed by atoms with Crippen molar-refractivity contribution in [3.63, 3.8) is 0 Å². The van der Waals surface area contributed by atoms with Crippen LogP contribution in [0.3, 0.4) is 0 Å². The molecular weight excluding hydrogens is 284 g/mol. The minimum absolute atomic E-state index is 0.274. The zero-order valence-electron chi connectivity index (χ0n) is 12.3. The summed E-state index contributed by atoms with van der Waals surface area (Å²) in [5, 5.41) is 0. The Morgan fingerprint density at radius 1 is 1.14 bits per heavy atom. The van der Waals surface area contributed by atoms with Gasteiger partial charge in [-0.15, -0.1) is 0 Å². The fourth-order valence-electron chi connectivity index (χ4n) is 2.19. The second kappa shape index (κ2) is 6.28. The molecule has 0 aliphatic carbocycles. The first-order chi connectivity index (χ1) is 9.97. The van der Waals surface area contributed by atoms with Gasteiger partial charge in [0.05, 0.1) is 10.6 Å². The summed E-state index contributed by atoms with van der Waals surface area (Å²) in [7, 11) is -3.61. The lowest BCUT2D eigenvalue weighted by Crippen LogP contribution is -2.16. The van der Waals surface area contributed by atoms with Crippen molar-refractivity contribution in [3.05, 3.63) is 59.2 Å². The van der Waals surface area contributed by atoms with Crippen LogP contribution in [0.2, 0.25) is 0 Å². The molecule has 21 heavy (non-hydrogen) atoms. The van der Waals surface area contributed by atoms with E-state index in [0.29, 0.717) is 17.8 Å². The van der Waals surface area contributed by atoms with Crippen LogP contribution in [-0.2, 0) is 23.0 Å². The fourth-order valence-corrected chi connectivity index (χ4v) is 3.59. The quantitative estimate of drug-likeness (QED) is 0.892. The number of rotatable bonds is 5. The molecule has 0 unspecified atom stereocenters. The van der Waals surface area contributed by atoms with Gasteiger partial charge in [-0.25, -0.2) is 8.42 Å². The second-order valence-electron chi connectivity index (χ2n) is 4.92. The van der Waals surface area contributed by atoms with Crippen LogP contribution in [-0.4, -0.2) is 8.42 Å². The average Bonchev–Trinajstić information content (AvgIpc) is 2.47. The highest BCUT2D eigenvalue weighted by Gasteiger charge is 2.18. The second-order valence-corrected chi connectivity index (χ2v) is 6.57. The molecule has 2 aromatic rings. The van der Waals surface area contributed by atoms with Crippen molar-refractivity contribution in [2.45, 2.75) is 31.7 Å². The highest BCUT2D eigenvalue weighted by atomic mass is 32.2. The summed E-state index contributed by atoms with van der Waals surface area (Å²) in [5.74, 6) is 0. The molecule has 4 nitrogen and oxygen atoms in total. The van der Waals surface area contributed by atoms with Gasteiger partial charge < -0.3 is 5.73 Å². The molecule has 0 aliphatic rings. The number of para-hydroxylation sites is 1. The van der Waals surface area contributed by atoms with Gasteiger partial charge >= 0.3 is 0 Å². The number of nitrogens with two attached hydrogens (primary N) is 1. The monoisotopic (exact) mass is 304 g/mol. The molecule has 0 bridgehead atoms. The van der Waals surface area contributed by atoms with Gasteiger partial charge in [0.25, 0.3) is 10.0 Å². The van der Waals surface area contributed by atoms with E-state index in [1.165, 1.54) is 0 Å². The number of aryl methyl sites for hydroxylation is 2. The normalized spacial score (nSPS) is 11.4. The summed E-state index contributed by atoms with van der Waals surface area (Å²) < 4.78 is 27.9. The number of nitrogens with one attached hydrogen (secondary N) is 1. The van der Waals surface area contributed by atoms with Crippen molar-refractivity contribution in [1.29, 1.82) is 0 Å². The zero-order valence-corrected chi connectivity index (χ0v) is 13.1. The van der Waals surface area contributed by atoms with Gasteiger partial charge in [-0.2, -0.15) is 0 Å². The molecule has 0 amide bonds. The molecule has 0 heterocycles.